The van der Waals surface area contributed by atoms with Gasteiger partial charge in [0.15, 0.2) is 0 Å². The third-order valence-corrected chi connectivity index (χ3v) is 7.54. The molecule has 0 saturated heterocycles. The van der Waals surface area contributed by atoms with Crippen LogP contribution in [0.2, 0.25) is 0 Å². The summed E-state index contributed by atoms with van der Waals surface area (Å²) in [4.78, 5) is 0. The third kappa shape index (κ3) is 3.78. The van der Waals surface area contributed by atoms with Gasteiger partial charge in [0.2, 0.25) is 0 Å². The molecule has 1 heterocycles. The van der Waals surface area contributed by atoms with Crippen LogP contribution in [0.4, 0.5) is 0 Å². The normalized spacial score (nSPS) is 12.7. The van der Waals surface area contributed by atoms with E-state index >= 15 is 0 Å². The number of hydrogen-bond donors (Lipinski definition) is 1. The van der Waals surface area contributed by atoms with Gasteiger partial charge >= 0.3 is 7.48 Å². The second-order valence-corrected chi connectivity index (χ2v) is 10.6. The van der Waals surface area contributed by atoms with Crippen LogP contribution in [0, 0.1) is 0 Å². The van der Waals surface area contributed by atoms with Crippen molar-refractivity contribution in [2.24, 2.45) is 0 Å². The molecule has 0 saturated carbocycles. The molecule has 0 spiro atoms. The molecule has 1 N–H and O–H groups in total. The number of benzene rings is 5. The zero-order valence-corrected chi connectivity index (χ0v) is 21.0. The topological polar surface area (TPSA) is 42.6 Å². The monoisotopic (exact) mass is 471 g/mol. The highest BCUT2D eigenvalue weighted by atomic mass is 16.5. The second kappa shape index (κ2) is 8.23. The van der Waals surface area contributed by atoms with E-state index < -0.39 is 11.2 Å². The summed E-state index contributed by atoms with van der Waals surface area (Å²) in [6.45, 7) is 7.34. The van der Waals surface area contributed by atoms with Gasteiger partial charge < -0.3 is 14.2 Å². The quantitative estimate of drug-likeness (QED) is 0.267. The van der Waals surface area contributed by atoms with Gasteiger partial charge in [0.25, 0.3) is 0 Å². The molecule has 0 aliphatic carbocycles. The van der Waals surface area contributed by atoms with Crippen molar-refractivity contribution in [1.82, 2.24) is 0 Å². The summed E-state index contributed by atoms with van der Waals surface area (Å²) in [5, 5.41) is 17.5. The Morgan fingerprint density at radius 1 is 0.667 bits per heavy atom. The van der Waals surface area contributed by atoms with Gasteiger partial charge in [-0.15, -0.1) is 0 Å². The zero-order valence-electron chi connectivity index (χ0n) is 21.0. The highest BCUT2D eigenvalue weighted by Crippen LogP contribution is 2.36. The van der Waals surface area contributed by atoms with Crippen molar-refractivity contribution in [3.8, 4) is 11.1 Å². The molecule has 0 bridgehead atoms. The van der Waals surface area contributed by atoms with Crippen molar-refractivity contribution in [2.75, 3.05) is 0 Å². The Hall–Kier alpha value is -3.60. The van der Waals surface area contributed by atoms with Crippen molar-refractivity contribution < 1.29 is 14.2 Å². The predicted octanol–water partition coefficient (Wildman–Crippen LogP) is 7.37. The van der Waals surface area contributed by atoms with Gasteiger partial charge in [-0.1, -0.05) is 66.7 Å². The number of fused-ring (bicyclic) bond motifs is 5. The predicted molar refractivity (Wildman–Crippen MR) is 151 cm³/mol. The van der Waals surface area contributed by atoms with Crippen molar-refractivity contribution in [3.63, 3.8) is 0 Å². The molecule has 1 radical (unpaired) electrons. The van der Waals surface area contributed by atoms with Crippen LogP contribution in [0.1, 0.15) is 27.7 Å². The van der Waals surface area contributed by atoms with Crippen molar-refractivity contribution in [1.29, 1.82) is 0 Å². The first-order valence-electron chi connectivity index (χ1n) is 12.3. The summed E-state index contributed by atoms with van der Waals surface area (Å²) < 4.78 is 12.4. The summed E-state index contributed by atoms with van der Waals surface area (Å²) >= 11 is 0. The first-order chi connectivity index (χ1) is 17.2. The van der Waals surface area contributed by atoms with Gasteiger partial charge in [-0.05, 0) is 90.1 Å². The summed E-state index contributed by atoms with van der Waals surface area (Å²) in [6, 6.07) is 31.7. The summed E-state index contributed by atoms with van der Waals surface area (Å²) in [7, 11) is 1.78. The SMILES string of the molecule is CC(C)(O)C(C)(C)O[B]c1ccc2ccccc2c1-c1ccc2oc3cc4ccccc4cc3c2c1. The lowest BCUT2D eigenvalue weighted by Gasteiger charge is -2.37. The molecule has 4 heteroatoms. The van der Waals surface area contributed by atoms with Gasteiger partial charge in [-0.3, -0.25) is 0 Å². The van der Waals surface area contributed by atoms with E-state index in [0.717, 1.165) is 49.3 Å². The van der Waals surface area contributed by atoms with Crippen LogP contribution in [0.5, 0.6) is 0 Å². The highest BCUT2D eigenvalue weighted by molar-refractivity contribution is 6.50. The zero-order chi connectivity index (χ0) is 25.1. The summed E-state index contributed by atoms with van der Waals surface area (Å²) in [6.07, 6.45) is 0. The molecule has 0 aliphatic rings. The van der Waals surface area contributed by atoms with Crippen molar-refractivity contribution in [3.05, 3.63) is 91.0 Å². The lowest BCUT2D eigenvalue weighted by atomic mass is 9.77. The lowest BCUT2D eigenvalue weighted by molar-refractivity contribution is -0.0893. The van der Waals surface area contributed by atoms with Crippen LogP contribution >= 0.6 is 0 Å². The Balaban J connectivity index is 1.54. The average Bonchev–Trinajstić information content (AvgIpc) is 3.21. The van der Waals surface area contributed by atoms with E-state index in [4.69, 9.17) is 9.07 Å². The van der Waals surface area contributed by atoms with Crippen LogP contribution < -0.4 is 5.46 Å². The minimum Gasteiger partial charge on any atom is -0.456 e. The fourth-order valence-electron chi connectivity index (χ4n) is 4.68. The smallest absolute Gasteiger partial charge is 0.331 e. The molecule has 0 aliphatic heterocycles. The first kappa shape index (κ1) is 22.8. The van der Waals surface area contributed by atoms with E-state index in [1.807, 2.05) is 13.8 Å². The Morgan fingerprint density at radius 3 is 2.08 bits per heavy atom. The fourth-order valence-corrected chi connectivity index (χ4v) is 4.68. The van der Waals surface area contributed by atoms with E-state index in [9.17, 15) is 5.11 Å². The van der Waals surface area contributed by atoms with Crippen molar-refractivity contribution >= 4 is 56.4 Å². The molecule has 1 aromatic heterocycles. The number of furan rings is 1. The Bertz CT molecular complexity index is 1750. The maximum Gasteiger partial charge on any atom is 0.331 e. The summed E-state index contributed by atoms with van der Waals surface area (Å²) in [5.74, 6) is 0. The van der Waals surface area contributed by atoms with Crippen LogP contribution in [0.3, 0.4) is 0 Å². The van der Waals surface area contributed by atoms with E-state index in [1.54, 1.807) is 21.3 Å². The van der Waals surface area contributed by atoms with E-state index in [2.05, 4.69) is 91.0 Å². The molecule has 177 valence electrons. The Labute approximate surface area is 211 Å². The maximum atomic E-state index is 10.6. The molecule has 6 rings (SSSR count). The standard InChI is InChI=1S/C32H28BO3/c1-31(2,34)32(3,4)36-33-27-15-13-20-9-7-8-12-24(20)30(27)23-14-16-28-25(18-23)26-17-21-10-5-6-11-22(21)19-29(26)35-28/h5-19,34H,1-4H3. The number of rotatable bonds is 5. The Morgan fingerprint density at radius 2 is 1.33 bits per heavy atom. The second-order valence-electron chi connectivity index (χ2n) is 10.6. The molecule has 0 amide bonds. The molecule has 3 nitrogen and oxygen atoms in total. The van der Waals surface area contributed by atoms with E-state index in [-0.39, 0.29) is 0 Å². The van der Waals surface area contributed by atoms with Gasteiger partial charge in [0.05, 0.1) is 11.2 Å². The molecule has 0 fully saturated rings. The lowest BCUT2D eigenvalue weighted by Crippen LogP contribution is -2.49. The molecule has 0 unspecified atom stereocenters. The van der Waals surface area contributed by atoms with Gasteiger partial charge in [0.1, 0.15) is 11.2 Å². The van der Waals surface area contributed by atoms with Crippen LogP contribution in [0.15, 0.2) is 95.4 Å². The third-order valence-electron chi connectivity index (χ3n) is 7.54. The van der Waals surface area contributed by atoms with Gasteiger partial charge in [-0.25, -0.2) is 0 Å². The maximum absolute atomic E-state index is 10.6. The molecule has 5 aromatic carbocycles. The van der Waals surface area contributed by atoms with E-state index in [0.29, 0.717) is 0 Å². The largest absolute Gasteiger partial charge is 0.456 e. The van der Waals surface area contributed by atoms with E-state index in [1.165, 1.54) is 10.8 Å². The number of hydrogen-bond acceptors (Lipinski definition) is 3. The molecule has 36 heavy (non-hydrogen) atoms. The molecular formula is C32H28BO3. The van der Waals surface area contributed by atoms with Gasteiger partial charge in [-0.2, -0.15) is 0 Å². The minimum atomic E-state index is -1.00. The molecule has 6 aromatic rings. The van der Waals surface area contributed by atoms with Crippen LogP contribution in [0.25, 0.3) is 54.6 Å². The fraction of sp³-hybridized carbons (Fsp3) is 0.188. The minimum absolute atomic E-state index is 0.762. The van der Waals surface area contributed by atoms with Crippen LogP contribution in [-0.4, -0.2) is 23.8 Å². The Kier molecular flexibility index (Phi) is 5.22. The highest BCUT2D eigenvalue weighted by Gasteiger charge is 2.36. The average molecular weight is 471 g/mol. The van der Waals surface area contributed by atoms with Crippen molar-refractivity contribution in [2.45, 2.75) is 38.9 Å². The molecule has 0 atom stereocenters. The first-order valence-corrected chi connectivity index (χ1v) is 12.3. The summed E-state index contributed by atoms with van der Waals surface area (Å²) in [5.41, 5.74) is 3.14. The van der Waals surface area contributed by atoms with Gasteiger partial charge in [0, 0.05) is 10.8 Å². The molecular weight excluding hydrogens is 443 g/mol. The number of aliphatic hydroxyl groups is 1. The van der Waals surface area contributed by atoms with Crippen LogP contribution in [-0.2, 0) is 4.65 Å².